The zero-order chi connectivity index (χ0) is 11.6. The highest BCUT2D eigenvalue weighted by Crippen LogP contribution is 2.20. The van der Waals surface area contributed by atoms with E-state index in [4.69, 9.17) is 11.6 Å². The number of hydrogen-bond acceptors (Lipinski definition) is 4. The van der Waals surface area contributed by atoms with E-state index >= 15 is 0 Å². The molecule has 2 N–H and O–H groups in total. The van der Waals surface area contributed by atoms with Crippen molar-refractivity contribution in [1.29, 1.82) is 0 Å². The molecule has 16 heavy (non-hydrogen) atoms. The maximum Gasteiger partial charge on any atom is 0.245 e. The zero-order valence-corrected chi connectivity index (χ0v) is 9.71. The van der Waals surface area contributed by atoms with Crippen LogP contribution in [0.2, 0.25) is 5.15 Å². The molecule has 0 aromatic carbocycles. The number of hydrogen-bond donors (Lipinski definition) is 2. The summed E-state index contributed by atoms with van der Waals surface area (Å²) in [5.41, 5.74) is -0.499. The van der Waals surface area contributed by atoms with Crippen LogP contribution in [0.3, 0.4) is 0 Å². The van der Waals surface area contributed by atoms with E-state index in [9.17, 15) is 4.79 Å². The first-order valence-electron chi connectivity index (χ1n) is 5.16. The third-order valence-electron chi connectivity index (χ3n) is 2.74. The predicted octanol–water partition coefficient (Wildman–Crippen LogP) is 1.21. The second-order valence-corrected chi connectivity index (χ2v) is 4.45. The first-order valence-corrected chi connectivity index (χ1v) is 5.54. The molecule has 1 aromatic rings. The van der Waals surface area contributed by atoms with Gasteiger partial charge >= 0.3 is 0 Å². The largest absolute Gasteiger partial charge is 0.308 e. The number of carbonyl (C=O) groups excluding carboxylic acids is 1. The van der Waals surface area contributed by atoms with Gasteiger partial charge in [-0.25, -0.2) is 0 Å². The minimum atomic E-state index is -0.499. The highest BCUT2D eigenvalue weighted by atomic mass is 35.5. The molecule has 0 spiro atoms. The van der Waals surface area contributed by atoms with E-state index in [1.165, 1.54) is 0 Å². The van der Waals surface area contributed by atoms with E-state index in [-0.39, 0.29) is 5.91 Å². The number of carbonyl (C=O) groups is 1. The third kappa shape index (κ3) is 2.31. The molecule has 1 atom stereocenters. The molecule has 1 aliphatic heterocycles. The van der Waals surface area contributed by atoms with Gasteiger partial charge in [-0.15, -0.1) is 10.2 Å². The van der Waals surface area contributed by atoms with Gasteiger partial charge in [0.2, 0.25) is 5.91 Å². The Balaban J connectivity index is 2.04. The van der Waals surface area contributed by atoms with Crippen molar-refractivity contribution < 1.29 is 4.79 Å². The summed E-state index contributed by atoms with van der Waals surface area (Å²) >= 11 is 5.60. The molecule has 1 amide bonds. The fraction of sp³-hybridized carbons (Fsp3) is 0.500. The van der Waals surface area contributed by atoms with Gasteiger partial charge in [0, 0.05) is 0 Å². The summed E-state index contributed by atoms with van der Waals surface area (Å²) in [7, 11) is 0. The van der Waals surface area contributed by atoms with Gasteiger partial charge in [0.1, 0.15) is 0 Å². The van der Waals surface area contributed by atoms with Crippen LogP contribution in [0.4, 0.5) is 5.82 Å². The van der Waals surface area contributed by atoms with Crippen LogP contribution in [0.5, 0.6) is 0 Å². The van der Waals surface area contributed by atoms with E-state index in [2.05, 4.69) is 20.8 Å². The lowest BCUT2D eigenvalue weighted by Crippen LogP contribution is -2.48. The van der Waals surface area contributed by atoms with E-state index in [0.29, 0.717) is 11.0 Å². The van der Waals surface area contributed by atoms with Crippen molar-refractivity contribution >= 4 is 23.3 Å². The van der Waals surface area contributed by atoms with Crippen LogP contribution in [-0.2, 0) is 4.79 Å². The van der Waals surface area contributed by atoms with Gasteiger partial charge in [-0.1, -0.05) is 11.6 Å². The normalized spacial score (nSPS) is 24.4. The summed E-state index contributed by atoms with van der Waals surface area (Å²) in [6.07, 6.45) is 1.84. The molecule has 0 aliphatic carbocycles. The van der Waals surface area contributed by atoms with Crippen LogP contribution in [0.25, 0.3) is 0 Å². The predicted molar refractivity (Wildman–Crippen MR) is 61.3 cm³/mol. The van der Waals surface area contributed by atoms with Crippen LogP contribution in [-0.4, -0.2) is 28.2 Å². The lowest BCUT2D eigenvalue weighted by atomic mass is 9.99. The lowest BCUT2D eigenvalue weighted by molar-refractivity contribution is -0.121. The van der Waals surface area contributed by atoms with E-state index in [1.807, 2.05) is 6.92 Å². The first-order chi connectivity index (χ1) is 7.60. The van der Waals surface area contributed by atoms with Crippen LogP contribution >= 0.6 is 11.6 Å². The fourth-order valence-corrected chi connectivity index (χ4v) is 1.83. The van der Waals surface area contributed by atoms with Gasteiger partial charge in [0.15, 0.2) is 11.0 Å². The highest BCUT2D eigenvalue weighted by molar-refractivity contribution is 6.29. The lowest BCUT2D eigenvalue weighted by Gasteiger charge is -2.22. The van der Waals surface area contributed by atoms with Crippen molar-refractivity contribution in [3.8, 4) is 0 Å². The Kier molecular flexibility index (Phi) is 3.07. The maximum absolute atomic E-state index is 11.9. The second kappa shape index (κ2) is 4.35. The monoisotopic (exact) mass is 240 g/mol. The quantitative estimate of drug-likeness (QED) is 0.816. The number of halogens is 1. The minimum Gasteiger partial charge on any atom is -0.308 e. The van der Waals surface area contributed by atoms with Crippen molar-refractivity contribution in [2.45, 2.75) is 25.3 Å². The fourth-order valence-electron chi connectivity index (χ4n) is 1.73. The van der Waals surface area contributed by atoms with Crippen LogP contribution in [0, 0.1) is 0 Å². The summed E-state index contributed by atoms with van der Waals surface area (Å²) < 4.78 is 0. The molecule has 1 aliphatic rings. The standard InChI is InChI=1S/C10H13ClN4O/c1-10(5-2-6-12-10)9(16)13-8-4-3-7(11)14-15-8/h3-4,12H,2,5-6H2,1H3,(H,13,15,16). The average Bonchev–Trinajstić information content (AvgIpc) is 2.70. The number of anilines is 1. The number of amides is 1. The van der Waals surface area contributed by atoms with E-state index < -0.39 is 5.54 Å². The van der Waals surface area contributed by atoms with Gasteiger partial charge in [0.25, 0.3) is 0 Å². The van der Waals surface area contributed by atoms with Gasteiger partial charge in [-0.05, 0) is 38.4 Å². The Morgan fingerprint density at radius 1 is 1.56 bits per heavy atom. The van der Waals surface area contributed by atoms with Crippen molar-refractivity contribution in [1.82, 2.24) is 15.5 Å². The topological polar surface area (TPSA) is 66.9 Å². The molecule has 0 saturated carbocycles. The molecule has 5 nitrogen and oxygen atoms in total. The Morgan fingerprint density at radius 3 is 2.94 bits per heavy atom. The molecule has 1 aromatic heterocycles. The van der Waals surface area contributed by atoms with Crippen molar-refractivity contribution in [3.05, 3.63) is 17.3 Å². The summed E-state index contributed by atoms with van der Waals surface area (Å²) in [6.45, 7) is 2.76. The van der Waals surface area contributed by atoms with Gasteiger partial charge in [-0.3, -0.25) is 4.79 Å². The molecule has 6 heteroatoms. The number of nitrogens with one attached hydrogen (secondary N) is 2. The van der Waals surface area contributed by atoms with Gasteiger partial charge in [-0.2, -0.15) is 0 Å². The van der Waals surface area contributed by atoms with Crippen molar-refractivity contribution in [3.63, 3.8) is 0 Å². The molecule has 2 heterocycles. The first kappa shape index (κ1) is 11.3. The van der Waals surface area contributed by atoms with Crippen molar-refractivity contribution in [2.75, 3.05) is 11.9 Å². The smallest absolute Gasteiger partial charge is 0.245 e. The average molecular weight is 241 g/mol. The SMILES string of the molecule is CC1(C(=O)Nc2ccc(Cl)nn2)CCCN1. The third-order valence-corrected chi connectivity index (χ3v) is 2.95. The Hall–Kier alpha value is -1.20. The molecular weight excluding hydrogens is 228 g/mol. The molecule has 2 rings (SSSR count). The maximum atomic E-state index is 11.9. The molecule has 86 valence electrons. The summed E-state index contributed by atoms with van der Waals surface area (Å²) in [6, 6.07) is 3.22. The molecule has 1 unspecified atom stereocenters. The van der Waals surface area contributed by atoms with Crippen LogP contribution in [0.1, 0.15) is 19.8 Å². The van der Waals surface area contributed by atoms with E-state index in [0.717, 1.165) is 19.4 Å². The molecule has 0 bridgehead atoms. The summed E-state index contributed by atoms with van der Waals surface area (Å²) in [5, 5.41) is 13.6. The number of nitrogens with zero attached hydrogens (tertiary/aromatic N) is 2. The van der Waals surface area contributed by atoms with Crippen LogP contribution < -0.4 is 10.6 Å². The minimum absolute atomic E-state index is 0.0818. The van der Waals surface area contributed by atoms with E-state index in [1.54, 1.807) is 12.1 Å². The summed E-state index contributed by atoms with van der Waals surface area (Å²) in [4.78, 5) is 11.9. The summed E-state index contributed by atoms with van der Waals surface area (Å²) in [5.74, 6) is 0.339. The Morgan fingerprint density at radius 2 is 2.38 bits per heavy atom. The zero-order valence-electron chi connectivity index (χ0n) is 8.96. The molecular formula is C10H13ClN4O. The second-order valence-electron chi connectivity index (χ2n) is 4.06. The Bertz CT molecular complexity index is 386. The highest BCUT2D eigenvalue weighted by Gasteiger charge is 2.35. The molecule has 1 fully saturated rings. The molecule has 0 radical (unpaired) electrons. The number of aromatic nitrogens is 2. The van der Waals surface area contributed by atoms with Gasteiger partial charge < -0.3 is 10.6 Å². The number of rotatable bonds is 2. The van der Waals surface area contributed by atoms with Crippen LogP contribution in [0.15, 0.2) is 12.1 Å². The Labute approximate surface area is 98.6 Å². The van der Waals surface area contributed by atoms with Gasteiger partial charge in [0.05, 0.1) is 5.54 Å². The molecule has 1 saturated heterocycles. The van der Waals surface area contributed by atoms with Crippen molar-refractivity contribution in [2.24, 2.45) is 0 Å².